The van der Waals surface area contributed by atoms with E-state index in [1.54, 1.807) is 0 Å². The monoisotopic (exact) mass is 228 g/mol. The van der Waals surface area contributed by atoms with Crippen LogP contribution in [0.2, 0.25) is 0 Å². The van der Waals surface area contributed by atoms with Gasteiger partial charge < -0.3 is 5.73 Å². The van der Waals surface area contributed by atoms with Crippen molar-refractivity contribution >= 4 is 14.2 Å². The summed E-state index contributed by atoms with van der Waals surface area (Å²) < 4.78 is 14.3. The Balaban J connectivity index is 2.52. The zero-order valence-corrected chi connectivity index (χ0v) is 8.76. The lowest BCUT2D eigenvalue weighted by molar-refractivity contribution is -0.135. The van der Waals surface area contributed by atoms with E-state index in [4.69, 9.17) is 10.6 Å². The molecule has 15 heavy (non-hydrogen) atoms. The summed E-state index contributed by atoms with van der Waals surface area (Å²) >= 11 is 0. The number of benzene rings is 1. The van der Waals surface area contributed by atoms with E-state index >= 15 is 0 Å². The van der Waals surface area contributed by atoms with Crippen LogP contribution in [0.15, 0.2) is 30.3 Å². The third-order valence-electron chi connectivity index (χ3n) is 1.77. The first kappa shape index (κ1) is 11.8. The molecule has 5 nitrogen and oxygen atoms in total. The molecular formula is C9H11NO4P+. The molecule has 1 aromatic rings. The van der Waals surface area contributed by atoms with Crippen molar-refractivity contribution in [3.8, 4) is 0 Å². The van der Waals surface area contributed by atoms with E-state index in [0.717, 1.165) is 5.56 Å². The maximum absolute atomic E-state index is 11.1. The molecule has 1 aromatic carbocycles. The highest BCUT2D eigenvalue weighted by Crippen LogP contribution is 2.16. The van der Waals surface area contributed by atoms with Gasteiger partial charge in [-0.2, -0.15) is 4.52 Å². The zero-order valence-electron chi connectivity index (χ0n) is 7.87. The van der Waals surface area contributed by atoms with E-state index in [2.05, 4.69) is 4.52 Å². The van der Waals surface area contributed by atoms with Gasteiger partial charge in [-0.1, -0.05) is 30.3 Å². The highest BCUT2D eigenvalue weighted by Gasteiger charge is 2.26. The second-order valence-electron chi connectivity index (χ2n) is 2.94. The summed E-state index contributed by atoms with van der Waals surface area (Å²) in [6, 6.07) is 8.19. The van der Waals surface area contributed by atoms with Crippen molar-refractivity contribution in [3.05, 3.63) is 35.9 Å². The number of hydrogen-bond donors (Lipinski definition) is 2. The minimum atomic E-state index is -2.93. The zero-order chi connectivity index (χ0) is 11.3. The molecule has 0 radical (unpaired) electrons. The first-order valence-electron chi connectivity index (χ1n) is 4.27. The summed E-state index contributed by atoms with van der Waals surface area (Å²) in [5.74, 6) is -0.873. The quantitative estimate of drug-likeness (QED) is 0.742. The summed E-state index contributed by atoms with van der Waals surface area (Å²) in [6.07, 6.45) is 0.281. The molecule has 0 bridgehead atoms. The molecule has 0 aliphatic rings. The van der Waals surface area contributed by atoms with E-state index in [9.17, 15) is 9.36 Å². The minimum Gasteiger partial charge on any atom is -0.318 e. The fourth-order valence-electron chi connectivity index (χ4n) is 1.10. The number of nitrogens with two attached hydrogens (primary N) is 1. The predicted octanol–water partition coefficient (Wildman–Crippen LogP) is 0.749. The topological polar surface area (TPSA) is 89.6 Å². The van der Waals surface area contributed by atoms with Gasteiger partial charge in [0.25, 0.3) is 0 Å². The van der Waals surface area contributed by atoms with Gasteiger partial charge in [0.15, 0.2) is 0 Å². The van der Waals surface area contributed by atoms with Crippen LogP contribution in [0.3, 0.4) is 0 Å². The van der Waals surface area contributed by atoms with Crippen LogP contribution in [0, 0.1) is 0 Å². The van der Waals surface area contributed by atoms with Crippen molar-refractivity contribution in [3.63, 3.8) is 0 Å². The fourth-order valence-corrected chi connectivity index (χ4v) is 1.39. The van der Waals surface area contributed by atoms with E-state index in [0.29, 0.717) is 0 Å². The molecule has 0 aromatic heterocycles. The van der Waals surface area contributed by atoms with Gasteiger partial charge >= 0.3 is 14.2 Å². The number of hydrogen-bond acceptors (Lipinski definition) is 4. The van der Waals surface area contributed by atoms with Crippen LogP contribution < -0.4 is 5.73 Å². The van der Waals surface area contributed by atoms with Gasteiger partial charge in [-0.05, 0) is 12.0 Å². The number of carbonyl (C=O) groups is 1. The molecule has 0 fully saturated rings. The van der Waals surface area contributed by atoms with Crippen molar-refractivity contribution in [1.82, 2.24) is 0 Å². The molecular weight excluding hydrogens is 217 g/mol. The van der Waals surface area contributed by atoms with Crippen LogP contribution in [-0.4, -0.2) is 16.9 Å². The Kier molecular flexibility index (Phi) is 4.37. The number of rotatable bonds is 4. The smallest absolute Gasteiger partial charge is 0.318 e. The molecule has 1 unspecified atom stereocenters. The first-order valence-corrected chi connectivity index (χ1v) is 5.40. The third-order valence-corrected chi connectivity index (χ3v) is 2.11. The highest BCUT2D eigenvalue weighted by atomic mass is 31.1. The molecule has 0 aliphatic heterocycles. The fraction of sp³-hybridized carbons (Fsp3) is 0.222. The lowest BCUT2D eigenvalue weighted by atomic mass is 10.1. The summed E-state index contributed by atoms with van der Waals surface area (Å²) in [5.41, 5.74) is 6.35. The van der Waals surface area contributed by atoms with E-state index < -0.39 is 20.3 Å². The summed E-state index contributed by atoms with van der Waals surface area (Å²) in [7, 11) is -2.93. The van der Waals surface area contributed by atoms with Crippen molar-refractivity contribution in [2.24, 2.45) is 5.73 Å². The molecule has 0 amide bonds. The van der Waals surface area contributed by atoms with Gasteiger partial charge in [-0.25, -0.2) is 4.79 Å². The average Bonchev–Trinajstić information content (AvgIpc) is 2.18. The van der Waals surface area contributed by atoms with Crippen molar-refractivity contribution in [2.45, 2.75) is 12.5 Å². The van der Waals surface area contributed by atoms with Crippen LogP contribution in [0.1, 0.15) is 5.56 Å². The van der Waals surface area contributed by atoms with E-state index in [-0.39, 0.29) is 6.42 Å². The largest absolute Gasteiger partial charge is 0.750 e. The Morgan fingerprint density at radius 2 is 2.07 bits per heavy atom. The SMILES string of the molecule is N[C@@H](Cc1ccccc1)C(=O)O[P+](=O)O. The van der Waals surface area contributed by atoms with Crippen molar-refractivity contribution in [2.75, 3.05) is 0 Å². The van der Waals surface area contributed by atoms with E-state index in [1.165, 1.54) is 0 Å². The summed E-state index contributed by atoms with van der Waals surface area (Å²) in [4.78, 5) is 19.4. The maximum atomic E-state index is 11.1. The average molecular weight is 228 g/mol. The standard InChI is InChI=1S/C9H10NO4P/c10-8(9(11)14-15(12)13)6-7-4-2-1-3-5-7/h1-5,8H,6,10H2/p+1/t8-/m0/s1. The lowest BCUT2D eigenvalue weighted by Crippen LogP contribution is -2.33. The van der Waals surface area contributed by atoms with Gasteiger partial charge in [0.1, 0.15) is 6.04 Å². The minimum absolute atomic E-state index is 0.281. The maximum Gasteiger partial charge on any atom is 0.750 e. The summed E-state index contributed by atoms with van der Waals surface area (Å²) in [5, 5.41) is 0. The van der Waals surface area contributed by atoms with Crippen LogP contribution in [0.4, 0.5) is 0 Å². The molecule has 2 atom stereocenters. The molecule has 0 spiro atoms. The Labute approximate surface area is 87.8 Å². The molecule has 3 N–H and O–H groups in total. The van der Waals surface area contributed by atoms with Crippen molar-refractivity contribution in [1.29, 1.82) is 0 Å². The Morgan fingerprint density at radius 1 is 1.47 bits per heavy atom. The molecule has 6 heteroatoms. The van der Waals surface area contributed by atoms with Crippen molar-refractivity contribution < 1.29 is 18.8 Å². The second kappa shape index (κ2) is 5.56. The third kappa shape index (κ3) is 4.16. The Morgan fingerprint density at radius 3 is 2.60 bits per heavy atom. The van der Waals surface area contributed by atoms with Crippen LogP contribution in [0.5, 0.6) is 0 Å². The predicted molar refractivity (Wildman–Crippen MR) is 54.0 cm³/mol. The molecule has 80 valence electrons. The van der Waals surface area contributed by atoms with Gasteiger partial charge in [-0.3, -0.25) is 0 Å². The molecule has 0 heterocycles. The molecule has 0 saturated carbocycles. The van der Waals surface area contributed by atoms with Crippen LogP contribution in [-0.2, 0) is 20.3 Å². The normalized spacial score (nSPS) is 13.1. The van der Waals surface area contributed by atoms with Gasteiger partial charge in [-0.15, -0.1) is 4.89 Å². The second-order valence-corrected chi connectivity index (χ2v) is 3.60. The molecule has 0 aliphatic carbocycles. The molecule has 0 saturated heterocycles. The Hall–Kier alpha value is -1.29. The summed E-state index contributed by atoms with van der Waals surface area (Å²) in [6.45, 7) is 0. The number of carbonyl (C=O) groups excluding carboxylic acids is 1. The van der Waals surface area contributed by atoms with Gasteiger partial charge in [0, 0.05) is 4.57 Å². The van der Waals surface area contributed by atoms with Gasteiger partial charge in [0.05, 0.1) is 0 Å². The van der Waals surface area contributed by atoms with Crippen LogP contribution in [0.25, 0.3) is 0 Å². The first-order chi connectivity index (χ1) is 7.09. The van der Waals surface area contributed by atoms with Crippen LogP contribution >= 0.6 is 8.25 Å². The highest BCUT2D eigenvalue weighted by molar-refractivity contribution is 7.32. The Bertz CT molecular complexity index is 354. The van der Waals surface area contributed by atoms with Gasteiger partial charge in [0.2, 0.25) is 0 Å². The lowest BCUT2D eigenvalue weighted by Gasteiger charge is -2.05. The molecule has 1 rings (SSSR count). The van der Waals surface area contributed by atoms with E-state index in [1.807, 2.05) is 30.3 Å².